The van der Waals surface area contributed by atoms with Gasteiger partial charge in [-0.2, -0.15) is 0 Å². The molecule has 90 valence electrons. The molecule has 0 saturated carbocycles. The van der Waals surface area contributed by atoms with Crippen molar-refractivity contribution in [2.24, 2.45) is 0 Å². The maximum absolute atomic E-state index is 5.06. The highest BCUT2D eigenvalue weighted by molar-refractivity contribution is 7.22. The van der Waals surface area contributed by atoms with E-state index >= 15 is 0 Å². The average molecular weight is 256 g/mol. The van der Waals surface area contributed by atoms with E-state index in [-0.39, 0.29) is 0 Å². The van der Waals surface area contributed by atoms with Crippen LogP contribution in [0.1, 0.15) is 5.56 Å². The number of thiophene rings is 1. The van der Waals surface area contributed by atoms with Crippen LogP contribution in [0.15, 0.2) is 36.7 Å². The molecule has 18 heavy (non-hydrogen) atoms. The molecular formula is C14H12N2OS. The Kier molecular flexibility index (Phi) is 2.72. The summed E-state index contributed by atoms with van der Waals surface area (Å²) in [5.41, 5.74) is 3.40. The Morgan fingerprint density at radius 1 is 1.17 bits per heavy atom. The topological polar surface area (TPSA) is 35.0 Å². The van der Waals surface area contributed by atoms with Gasteiger partial charge in [0.15, 0.2) is 0 Å². The van der Waals surface area contributed by atoms with E-state index in [1.54, 1.807) is 18.4 Å². The summed E-state index contributed by atoms with van der Waals surface area (Å²) in [5.74, 6) is 0.633. The van der Waals surface area contributed by atoms with Gasteiger partial charge in [-0.15, -0.1) is 11.3 Å². The van der Waals surface area contributed by atoms with Gasteiger partial charge < -0.3 is 4.74 Å². The Balaban J connectivity index is 2.10. The molecule has 0 unspecified atom stereocenters. The second kappa shape index (κ2) is 4.38. The van der Waals surface area contributed by atoms with E-state index in [1.165, 1.54) is 15.1 Å². The molecule has 0 amide bonds. The average Bonchev–Trinajstić information content (AvgIpc) is 2.84. The Labute approximate surface area is 109 Å². The first-order chi connectivity index (χ1) is 8.78. The Morgan fingerprint density at radius 2 is 2.06 bits per heavy atom. The van der Waals surface area contributed by atoms with E-state index < -0.39 is 0 Å². The highest BCUT2D eigenvalue weighted by Crippen LogP contribution is 2.34. The zero-order valence-corrected chi connectivity index (χ0v) is 11.0. The first kappa shape index (κ1) is 11.2. The summed E-state index contributed by atoms with van der Waals surface area (Å²) in [6.45, 7) is 2.11. The predicted molar refractivity (Wildman–Crippen MR) is 74.1 cm³/mol. The van der Waals surface area contributed by atoms with Crippen molar-refractivity contribution in [2.45, 2.75) is 6.92 Å². The molecule has 0 spiro atoms. The van der Waals surface area contributed by atoms with Gasteiger partial charge in [0.1, 0.15) is 0 Å². The number of aryl methyl sites for hydroxylation is 1. The molecule has 3 heterocycles. The molecule has 0 aliphatic rings. The van der Waals surface area contributed by atoms with Crippen molar-refractivity contribution in [3.8, 4) is 16.3 Å². The smallest absolute Gasteiger partial charge is 0.212 e. The van der Waals surface area contributed by atoms with Crippen LogP contribution in [0.4, 0.5) is 0 Å². The van der Waals surface area contributed by atoms with E-state index in [0.717, 1.165) is 11.1 Å². The van der Waals surface area contributed by atoms with Crippen LogP contribution in [-0.4, -0.2) is 17.1 Å². The van der Waals surface area contributed by atoms with Crippen molar-refractivity contribution in [2.75, 3.05) is 7.11 Å². The van der Waals surface area contributed by atoms with Crippen molar-refractivity contribution < 1.29 is 4.74 Å². The van der Waals surface area contributed by atoms with E-state index in [0.29, 0.717) is 5.88 Å². The number of methoxy groups -OCH3 is 1. The third kappa shape index (κ3) is 1.84. The Morgan fingerprint density at radius 3 is 2.72 bits per heavy atom. The Bertz CT molecular complexity index is 689. The van der Waals surface area contributed by atoms with Gasteiger partial charge in [-0.25, -0.2) is 4.98 Å². The second-order valence-electron chi connectivity index (χ2n) is 4.04. The zero-order valence-electron chi connectivity index (χ0n) is 10.2. The van der Waals surface area contributed by atoms with Crippen molar-refractivity contribution in [3.63, 3.8) is 0 Å². The van der Waals surface area contributed by atoms with E-state index in [2.05, 4.69) is 23.0 Å². The molecule has 0 saturated heterocycles. The number of hydrogen-bond acceptors (Lipinski definition) is 4. The van der Waals surface area contributed by atoms with E-state index in [1.807, 2.05) is 30.6 Å². The minimum absolute atomic E-state index is 0.633. The van der Waals surface area contributed by atoms with Gasteiger partial charge in [0.2, 0.25) is 5.88 Å². The fourth-order valence-electron chi connectivity index (χ4n) is 1.85. The number of hydrogen-bond donors (Lipinski definition) is 0. The van der Waals surface area contributed by atoms with Gasteiger partial charge in [0, 0.05) is 28.9 Å². The van der Waals surface area contributed by atoms with Crippen molar-refractivity contribution in [1.29, 1.82) is 0 Å². The molecule has 4 heteroatoms. The van der Waals surface area contributed by atoms with Crippen molar-refractivity contribution in [3.05, 3.63) is 42.2 Å². The highest BCUT2D eigenvalue weighted by atomic mass is 32.1. The SMILES string of the molecule is COc1ccc(-c2cc3nccc(C)c3s2)cn1. The molecule has 3 rings (SSSR count). The largest absolute Gasteiger partial charge is 0.481 e. The molecular weight excluding hydrogens is 244 g/mol. The minimum Gasteiger partial charge on any atom is -0.481 e. The van der Waals surface area contributed by atoms with Crippen LogP contribution in [0.2, 0.25) is 0 Å². The summed E-state index contributed by atoms with van der Waals surface area (Å²) in [6, 6.07) is 8.04. The first-order valence-electron chi connectivity index (χ1n) is 5.63. The standard InChI is InChI=1S/C14H12N2OS/c1-9-5-6-15-11-7-12(18-14(9)11)10-3-4-13(17-2)16-8-10/h3-8H,1-2H3. The molecule has 0 aliphatic heterocycles. The van der Waals surface area contributed by atoms with E-state index in [9.17, 15) is 0 Å². The van der Waals surface area contributed by atoms with Gasteiger partial charge >= 0.3 is 0 Å². The fourth-order valence-corrected chi connectivity index (χ4v) is 2.93. The quantitative estimate of drug-likeness (QED) is 0.701. The second-order valence-corrected chi connectivity index (χ2v) is 5.09. The normalized spacial score (nSPS) is 10.8. The monoisotopic (exact) mass is 256 g/mol. The van der Waals surface area contributed by atoms with Crippen LogP contribution in [0.5, 0.6) is 5.88 Å². The number of rotatable bonds is 2. The van der Waals surface area contributed by atoms with Crippen molar-refractivity contribution in [1.82, 2.24) is 9.97 Å². The predicted octanol–water partition coefficient (Wildman–Crippen LogP) is 3.68. The number of ether oxygens (including phenoxy) is 1. The number of fused-ring (bicyclic) bond motifs is 1. The summed E-state index contributed by atoms with van der Waals surface area (Å²) in [4.78, 5) is 9.80. The third-order valence-electron chi connectivity index (χ3n) is 2.84. The van der Waals surface area contributed by atoms with Crippen molar-refractivity contribution >= 4 is 21.6 Å². The maximum atomic E-state index is 5.06. The summed E-state index contributed by atoms with van der Waals surface area (Å²) in [6.07, 6.45) is 3.68. The number of aromatic nitrogens is 2. The van der Waals surface area contributed by atoms with Gasteiger partial charge in [0.25, 0.3) is 0 Å². The molecule has 3 aromatic heterocycles. The summed E-state index contributed by atoms with van der Waals surface area (Å²) < 4.78 is 6.30. The number of pyridine rings is 2. The third-order valence-corrected chi connectivity index (χ3v) is 4.15. The summed E-state index contributed by atoms with van der Waals surface area (Å²) in [7, 11) is 1.62. The molecule has 0 atom stereocenters. The molecule has 0 aromatic carbocycles. The molecule has 0 radical (unpaired) electrons. The molecule has 3 aromatic rings. The first-order valence-corrected chi connectivity index (χ1v) is 6.45. The highest BCUT2D eigenvalue weighted by Gasteiger charge is 2.07. The van der Waals surface area contributed by atoms with Crippen LogP contribution in [-0.2, 0) is 0 Å². The molecule has 0 bridgehead atoms. The zero-order chi connectivity index (χ0) is 12.5. The van der Waals surface area contributed by atoms with Crippen LogP contribution in [0.25, 0.3) is 20.7 Å². The Hall–Kier alpha value is -1.94. The van der Waals surface area contributed by atoms with E-state index in [4.69, 9.17) is 4.74 Å². The molecule has 3 nitrogen and oxygen atoms in total. The van der Waals surface area contributed by atoms with Gasteiger partial charge in [-0.1, -0.05) is 0 Å². The van der Waals surface area contributed by atoms with Gasteiger partial charge in [0.05, 0.1) is 17.3 Å². The lowest BCUT2D eigenvalue weighted by Crippen LogP contribution is -1.85. The van der Waals surface area contributed by atoms with Crippen LogP contribution < -0.4 is 4.74 Å². The lowest BCUT2D eigenvalue weighted by Gasteiger charge is -1.99. The van der Waals surface area contributed by atoms with Gasteiger partial charge in [-0.3, -0.25) is 4.98 Å². The molecule has 0 N–H and O–H groups in total. The van der Waals surface area contributed by atoms with Gasteiger partial charge in [-0.05, 0) is 30.7 Å². The molecule has 0 aliphatic carbocycles. The summed E-state index contributed by atoms with van der Waals surface area (Å²) in [5, 5.41) is 0. The lowest BCUT2D eigenvalue weighted by molar-refractivity contribution is 0.398. The van der Waals surface area contributed by atoms with Crippen LogP contribution in [0, 0.1) is 6.92 Å². The number of nitrogens with zero attached hydrogens (tertiary/aromatic N) is 2. The molecule has 0 fully saturated rings. The van der Waals surface area contributed by atoms with Crippen LogP contribution >= 0.6 is 11.3 Å². The minimum atomic E-state index is 0.633. The lowest BCUT2D eigenvalue weighted by atomic mass is 10.2. The van der Waals surface area contributed by atoms with Crippen LogP contribution in [0.3, 0.4) is 0 Å². The summed E-state index contributed by atoms with van der Waals surface area (Å²) >= 11 is 1.75. The fraction of sp³-hybridized carbons (Fsp3) is 0.143. The maximum Gasteiger partial charge on any atom is 0.212 e.